The zero-order chi connectivity index (χ0) is 16.4. The van der Waals surface area contributed by atoms with Crippen LogP contribution in [-0.2, 0) is 4.74 Å². The van der Waals surface area contributed by atoms with Gasteiger partial charge >= 0.3 is 5.97 Å². The van der Waals surface area contributed by atoms with Gasteiger partial charge in [0.2, 0.25) is 0 Å². The third-order valence-electron chi connectivity index (χ3n) is 3.15. The van der Waals surface area contributed by atoms with Crippen molar-refractivity contribution >= 4 is 33.4 Å². The number of ketones is 1. The van der Waals surface area contributed by atoms with Gasteiger partial charge in [0.05, 0.1) is 18.4 Å². The maximum absolute atomic E-state index is 11.9. The average molecular weight is 362 g/mol. The number of methoxy groups -OCH3 is 1. The van der Waals surface area contributed by atoms with E-state index in [9.17, 15) is 9.59 Å². The van der Waals surface area contributed by atoms with Crippen LogP contribution in [0.25, 0.3) is 5.69 Å². The smallest absolute Gasteiger partial charge is 0.357 e. The second kappa shape index (κ2) is 6.03. The number of carbonyl (C=O) groups is 2. The molecule has 0 atom stereocenters. The summed E-state index contributed by atoms with van der Waals surface area (Å²) in [5, 5.41) is 9.08. The summed E-state index contributed by atoms with van der Waals surface area (Å²) in [5.41, 5.74) is 7.23. The Morgan fingerprint density at radius 2 is 2.09 bits per heavy atom. The Morgan fingerprint density at radius 3 is 2.59 bits per heavy atom. The lowest BCUT2D eigenvalue weighted by Crippen LogP contribution is -2.11. The number of aromatic nitrogens is 1. The first kappa shape index (κ1) is 15.8. The predicted molar refractivity (Wildman–Crippen MR) is 83.9 cm³/mol. The average Bonchev–Trinajstić information content (AvgIpc) is 2.82. The molecule has 6 nitrogen and oxygen atoms in total. The van der Waals surface area contributed by atoms with Gasteiger partial charge in [0.15, 0.2) is 11.5 Å². The summed E-state index contributed by atoms with van der Waals surface area (Å²) in [6.07, 6.45) is 1.46. The molecule has 0 spiro atoms. The first-order valence-electron chi connectivity index (χ1n) is 6.20. The molecule has 1 aromatic carbocycles. The summed E-state index contributed by atoms with van der Waals surface area (Å²) in [5.74, 6) is -0.734. The zero-order valence-corrected chi connectivity index (χ0v) is 13.5. The van der Waals surface area contributed by atoms with Gasteiger partial charge in [-0.15, -0.1) is 0 Å². The summed E-state index contributed by atoms with van der Waals surface area (Å²) >= 11 is 3.32. The molecule has 22 heavy (non-hydrogen) atoms. The van der Waals surface area contributed by atoms with Gasteiger partial charge in [-0.1, -0.05) is 0 Å². The first-order chi connectivity index (χ1) is 10.4. The number of nitrogen functional groups attached to an aromatic ring is 1. The fourth-order valence-electron chi connectivity index (χ4n) is 2.06. The molecule has 0 aliphatic carbocycles. The highest BCUT2D eigenvalue weighted by Gasteiger charge is 2.22. The molecule has 1 heterocycles. The number of nitrogens with two attached hydrogens (primary N) is 1. The normalized spacial score (nSPS) is 10.1. The van der Waals surface area contributed by atoms with Crippen LogP contribution in [0.15, 0.2) is 28.9 Å². The number of nitrogens with zero attached hydrogens (tertiary/aromatic N) is 2. The molecule has 0 saturated heterocycles. The van der Waals surface area contributed by atoms with Gasteiger partial charge in [0.1, 0.15) is 6.07 Å². The summed E-state index contributed by atoms with van der Waals surface area (Å²) in [4.78, 5) is 23.4. The van der Waals surface area contributed by atoms with Crippen LogP contribution in [0.4, 0.5) is 5.69 Å². The Labute approximate surface area is 135 Å². The number of anilines is 1. The van der Waals surface area contributed by atoms with Crippen molar-refractivity contribution in [3.05, 3.63) is 45.7 Å². The van der Waals surface area contributed by atoms with Gasteiger partial charge < -0.3 is 15.0 Å². The molecular formula is C15H12BrN3O3. The number of rotatable bonds is 3. The number of halogens is 1. The second-order valence-electron chi connectivity index (χ2n) is 4.50. The second-order valence-corrected chi connectivity index (χ2v) is 5.35. The fraction of sp³-hybridized carbons (Fsp3) is 0.133. The lowest BCUT2D eigenvalue weighted by atomic mass is 10.1. The van der Waals surface area contributed by atoms with Crippen molar-refractivity contribution in [2.24, 2.45) is 0 Å². The number of hydrogen-bond acceptors (Lipinski definition) is 5. The molecule has 0 amide bonds. The van der Waals surface area contributed by atoms with Crippen LogP contribution in [0.5, 0.6) is 0 Å². The van der Waals surface area contributed by atoms with E-state index < -0.39 is 5.97 Å². The van der Waals surface area contributed by atoms with E-state index >= 15 is 0 Å². The van der Waals surface area contributed by atoms with Crippen LogP contribution >= 0.6 is 15.9 Å². The number of hydrogen-bond donors (Lipinski definition) is 1. The summed E-state index contributed by atoms with van der Waals surface area (Å²) in [6, 6.07) is 6.89. The zero-order valence-electron chi connectivity index (χ0n) is 11.9. The lowest BCUT2D eigenvalue weighted by molar-refractivity contribution is 0.0593. The van der Waals surface area contributed by atoms with Gasteiger partial charge in [-0.05, 0) is 41.1 Å². The van der Waals surface area contributed by atoms with Gasteiger partial charge in [-0.25, -0.2) is 4.79 Å². The third-order valence-corrected chi connectivity index (χ3v) is 3.81. The molecule has 2 N–H and O–H groups in total. The molecular weight excluding hydrogens is 350 g/mol. The molecule has 112 valence electrons. The number of carbonyl (C=O) groups excluding carboxylic acids is 2. The van der Waals surface area contributed by atoms with Crippen molar-refractivity contribution in [1.29, 1.82) is 5.26 Å². The third kappa shape index (κ3) is 2.61. The number of benzene rings is 1. The van der Waals surface area contributed by atoms with Crippen molar-refractivity contribution in [2.75, 3.05) is 12.8 Å². The van der Waals surface area contributed by atoms with Gasteiger partial charge in [-0.3, -0.25) is 4.79 Å². The highest BCUT2D eigenvalue weighted by molar-refractivity contribution is 9.10. The minimum absolute atomic E-state index is 0.0566. The van der Waals surface area contributed by atoms with Crippen molar-refractivity contribution in [2.45, 2.75) is 6.92 Å². The molecule has 0 unspecified atom stereocenters. The SMILES string of the molecule is COC(=O)c1c(N)c(C#N)cn1-c1ccc(C(C)=O)c(Br)c1. The van der Waals surface area contributed by atoms with Crippen LogP contribution in [0, 0.1) is 11.3 Å². The Kier molecular flexibility index (Phi) is 4.33. The number of ether oxygens (including phenoxy) is 1. The van der Waals surface area contributed by atoms with Crippen LogP contribution in [0.3, 0.4) is 0 Å². The largest absolute Gasteiger partial charge is 0.464 e. The van der Waals surface area contributed by atoms with E-state index in [1.807, 2.05) is 6.07 Å². The van der Waals surface area contributed by atoms with Crippen LogP contribution in [0.1, 0.15) is 33.3 Å². The van der Waals surface area contributed by atoms with Crippen molar-refractivity contribution in [1.82, 2.24) is 4.57 Å². The highest BCUT2D eigenvalue weighted by atomic mass is 79.9. The minimum atomic E-state index is -0.647. The van der Waals surface area contributed by atoms with E-state index in [4.69, 9.17) is 15.7 Å². The van der Waals surface area contributed by atoms with Gasteiger partial charge in [0.25, 0.3) is 0 Å². The first-order valence-corrected chi connectivity index (χ1v) is 7.00. The van der Waals surface area contributed by atoms with Crippen molar-refractivity contribution in [3.8, 4) is 11.8 Å². The van der Waals surface area contributed by atoms with E-state index in [1.54, 1.807) is 18.2 Å². The van der Waals surface area contributed by atoms with Crippen molar-refractivity contribution in [3.63, 3.8) is 0 Å². The Hall–Kier alpha value is -2.59. The Balaban J connectivity index is 2.67. The van der Waals surface area contributed by atoms with E-state index in [0.717, 1.165) is 0 Å². The summed E-state index contributed by atoms with van der Waals surface area (Å²) < 4.78 is 6.76. The number of esters is 1. The van der Waals surface area contributed by atoms with Crippen LogP contribution in [0.2, 0.25) is 0 Å². The predicted octanol–water partition coefficient (Wildman–Crippen LogP) is 2.68. The molecule has 2 rings (SSSR count). The highest BCUT2D eigenvalue weighted by Crippen LogP contribution is 2.27. The minimum Gasteiger partial charge on any atom is -0.464 e. The molecule has 2 aromatic rings. The van der Waals surface area contributed by atoms with Crippen LogP contribution < -0.4 is 5.73 Å². The van der Waals surface area contributed by atoms with Crippen molar-refractivity contribution < 1.29 is 14.3 Å². The molecule has 0 saturated carbocycles. The summed E-state index contributed by atoms with van der Waals surface area (Å²) in [7, 11) is 1.24. The molecule has 0 bridgehead atoms. The topological polar surface area (TPSA) is 98.1 Å². The maximum atomic E-state index is 11.9. The number of Topliss-reactive ketones (excluding diaryl/α,β-unsaturated/α-hetero) is 1. The fourth-order valence-corrected chi connectivity index (χ4v) is 2.70. The Morgan fingerprint density at radius 1 is 1.41 bits per heavy atom. The Bertz CT molecular complexity index is 818. The quantitative estimate of drug-likeness (QED) is 0.669. The van der Waals surface area contributed by atoms with E-state index in [1.165, 1.54) is 24.8 Å². The lowest BCUT2D eigenvalue weighted by Gasteiger charge is -2.10. The van der Waals surface area contributed by atoms with Gasteiger partial charge in [0, 0.05) is 21.9 Å². The van der Waals surface area contributed by atoms with Crippen LogP contribution in [-0.4, -0.2) is 23.4 Å². The summed E-state index contributed by atoms with van der Waals surface area (Å²) in [6.45, 7) is 1.46. The molecule has 1 aromatic heterocycles. The van der Waals surface area contributed by atoms with Gasteiger partial charge in [-0.2, -0.15) is 5.26 Å². The molecule has 7 heteroatoms. The number of nitriles is 1. The maximum Gasteiger partial charge on any atom is 0.357 e. The molecule has 0 aliphatic rings. The van der Waals surface area contributed by atoms with E-state index in [0.29, 0.717) is 15.7 Å². The standard InChI is InChI=1S/C15H12BrN3O3/c1-8(20)11-4-3-10(5-12(11)16)19-7-9(6-17)13(18)14(19)15(21)22-2/h3-5,7H,18H2,1-2H3. The molecule has 0 fully saturated rings. The molecule has 0 radical (unpaired) electrons. The molecule has 0 aliphatic heterocycles. The van der Waals surface area contributed by atoms with E-state index in [-0.39, 0.29) is 22.7 Å². The van der Waals surface area contributed by atoms with E-state index in [2.05, 4.69) is 15.9 Å². The monoisotopic (exact) mass is 361 g/mol.